The minimum atomic E-state index is -0.944. The van der Waals surface area contributed by atoms with E-state index < -0.39 is 5.97 Å². The molecule has 16 heavy (non-hydrogen) atoms. The normalized spacial score (nSPS) is 24.4. The highest BCUT2D eigenvalue weighted by atomic mass is 16.4. The van der Waals surface area contributed by atoms with Gasteiger partial charge in [-0.05, 0) is 18.9 Å². The number of nitrogens with zero attached hydrogens (tertiary/aromatic N) is 1. The molecule has 2 N–H and O–H groups in total. The van der Waals surface area contributed by atoms with Crippen molar-refractivity contribution in [2.45, 2.75) is 20.3 Å². The molecule has 2 atom stereocenters. The van der Waals surface area contributed by atoms with Crippen LogP contribution in [0.3, 0.4) is 0 Å². The van der Waals surface area contributed by atoms with Crippen LogP contribution >= 0.6 is 0 Å². The molecule has 5 nitrogen and oxygen atoms in total. The highest BCUT2D eigenvalue weighted by Crippen LogP contribution is 2.18. The minimum absolute atomic E-state index is 0.0262. The number of hydrogen-bond donors (Lipinski definition) is 2. The molecule has 0 aromatic carbocycles. The summed E-state index contributed by atoms with van der Waals surface area (Å²) in [7, 11) is 0. The Bertz CT molecular complexity index is 268. The van der Waals surface area contributed by atoms with Crippen LogP contribution in [0.15, 0.2) is 0 Å². The summed E-state index contributed by atoms with van der Waals surface area (Å²) in [6.45, 7) is 5.80. The molecule has 1 saturated heterocycles. The van der Waals surface area contributed by atoms with Crippen molar-refractivity contribution in [2.75, 3.05) is 26.2 Å². The molecular formula is C11H20N2O3. The summed E-state index contributed by atoms with van der Waals surface area (Å²) in [6.07, 6.45) is 0.785. The lowest BCUT2D eigenvalue weighted by atomic mass is 9.96. The number of carboxylic acids is 1. The van der Waals surface area contributed by atoms with E-state index in [4.69, 9.17) is 5.11 Å². The lowest BCUT2D eigenvalue weighted by molar-refractivity contribution is -0.146. The zero-order chi connectivity index (χ0) is 12.1. The monoisotopic (exact) mass is 228 g/mol. The first-order valence-electron chi connectivity index (χ1n) is 5.77. The van der Waals surface area contributed by atoms with Gasteiger partial charge in [0.25, 0.3) is 0 Å². The average molecular weight is 228 g/mol. The van der Waals surface area contributed by atoms with Crippen LogP contribution in [-0.2, 0) is 9.59 Å². The van der Waals surface area contributed by atoms with Crippen molar-refractivity contribution in [1.29, 1.82) is 0 Å². The van der Waals surface area contributed by atoms with E-state index in [1.807, 2.05) is 13.8 Å². The van der Waals surface area contributed by atoms with E-state index in [2.05, 4.69) is 5.32 Å². The Morgan fingerprint density at radius 1 is 1.44 bits per heavy atom. The van der Waals surface area contributed by atoms with Gasteiger partial charge in [0.05, 0.1) is 5.92 Å². The van der Waals surface area contributed by atoms with E-state index in [1.54, 1.807) is 0 Å². The first-order chi connectivity index (χ1) is 7.56. The topological polar surface area (TPSA) is 69.6 Å². The Kier molecular flexibility index (Phi) is 4.73. The number of nitrogens with one attached hydrogen (secondary N) is 1. The maximum atomic E-state index is 12.1. The fraction of sp³-hybridized carbons (Fsp3) is 0.818. The smallest absolute Gasteiger partial charge is 0.323 e. The van der Waals surface area contributed by atoms with Crippen LogP contribution in [0.2, 0.25) is 0 Å². The maximum absolute atomic E-state index is 12.1. The van der Waals surface area contributed by atoms with Crippen LogP contribution in [0.25, 0.3) is 0 Å². The summed E-state index contributed by atoms with van der Waals surface area (Å²) >= 11 is 0. The molecule has 5 heteroatoms. The number of aliphatic carboxylic acids is 1. The zero-order valence-electron chi connectivity index (χ0n) is 9.90. The summed E-state index contributed by atoms with van der Waals surface area (Å²) in [5, 5.41) is 11.9. The van der Waals surface area contributed by atoms with Gasteiger partial charge in [-0.25, -0.2) is 0 Å². The molecule has 92 valence electrons. The second kappa shape index (κ2) is 5.84. The SMILES string of the molecule is CCCN(CC(=O)O)C(=O)C1CNCC1C. The van der Waals surface area contributed by atoms with Crippen LogP contribution < -0.4 is 5.32 Å². The van der Waals surface area contributed by atoms with Gasteiger partial charge in [-0.15, -0.1) is 0 Å². The molecule has 1 fully saturated rings. The molecule has 1 rings (SSSR count). The highest BCUT2D eigenvalue weighted by molar-refractivity contribution is 5.83. The zero-order valence-corrected chi connectivity index (χ0v) is 9.90. The quantitative estimate of drug-likeness (QED) is 0.703. The summed E-state index contributed by atoms with van der Waals surface area (Å²) in [5.74, 6) is -0.742. The number of amides is 1. The van der Waals surface area contributed by atoms with E-state index in [1.165, 1.54) is 4.90 Å². The van der Waals surface area contributed by atoms with E-state index in [9.17, 15) is 9.59 Å². The molecule has 1 amide bonds. The van der Waals surface area contributed by atoms with Gasteiger partial charge in [0, 0.05) is 13.1 Å². The third kappa shape index (κ3) is 3.20. The number of hydrogen-bond acceptors (Lipinski definition) is 3. The van der Waals surface area contributed by atoms with Crippen molar-refractivity contribution in [3.8, 4) is 0 Å². The van der Waals surface area contributed by atoms with Crippen LogP contribution in [0, 0.1) is 11.8 Å². The number of rotatable bonds is 5. The first-order valence-corrected chi connectivity index (χ1v) is 5.77. The highest BCUT2D eigenvalue weighted by Gasteiger charge is 2.33. The van der Waals surface area contributed by atoms with Gasteiger partial charge in [-0.3, -0.25) is 9.59 Å². The standard InChI is InChI=1S/C11H20N2O3/c1-3-4-13(7-10(14)15)11(16)9-6-12-5-8(9)2/h8-9,12H,3-7H2,1-2H3,(H,14,15). The molecule has 0 spiro atoms. The molecule has 0 aliphatic carbocycles. The first kappa shape index (κ1) is 13.0. The molecule has 1 aliphatic heterocycles. The van der Waals surface area contributed by atoms with Crippen molar-refractivity contribution < 1.29 is 14.7 Å². The Balaban J connectivity index is 2.62. The summed E-state index contributed by atoms with van der Waals surface area (Å²) in [4.78, 5) is 24.2. The van der Waals surface area contributed by atoms with Crippen molar-refractivity contribution in [1.82, 2.24) is 10.2 Å². The second-order valence-corrected chi connectivity index (χ2v) is 4.40. The predicted octanol–water partition coefficient (Wildman–Crippen LogP) is 0.165. The number of carbonyl (C=O) groups excluding carboxylic acids is 1. The molecule has 0 aromatic rings. The van der Waals surface area contributed by atoms with Crippen LogP contribution in [0.4, 0.5) is 0 Å². The van der Waals surface area contributed by atoms with Gasteiger partial charge in [-0.2, -0.15) is 0 Å². The van der Waals surface area contributed by atoms with Gasteiger partial charge >= 0.3 is 5.97 Å². The van der Waals surface area contributed by atoms with Gasteiger partial charge in [0.15, 0.2) is 0 Å². The Labute approximate surface area is 95.8 Å². The molecule has 0 aromatic heterocycles. The second-order valence-electron chi connectivity index (χ2n) is 4.40. The van der Waals surface area contributed by atoms with E-state index in [-0.39, 0.29) is 18.4 Å². The van der Waals surface area contributed by atoms with Crippen molar-refractivity contribution in [3.05, 3.63) is 0 Å². The van der Waals surface area contributed by atoms with E-state index in [0.717, 1.165) is 13.0 Å². The fourth-order valence-corrected chi connectivity index (χ4v) is 2.08. The Morgan fingerprint density at radius 2 is 2.12 bits per heavy atom. The van der Waals surface area contributed by atoms with Gasteiger partial charge in [0.2, 0.25) is 5.91 Å². The molecule has 1 heterocycles. The minimum Gasteiger partial charge on any atom is -0.480 e. The molecule has 0 bridgehead atoms. The molecular weight excluding hydrogens is 208 g/mol. The van der Waals surface area contributed by atoms with Crippen LogP contribution in [0.5, 0.6) is 0 Å². The molecule has 2 unspecified atom stereocenters. The summed E-state index contributed by atoms with van der Waals surface area (Å²) in [5.41, 5.74) is 0. The largest absolute Gasteiger partial charge is 0.480 e. The van der Waals surface area contributed by atoms with Crippen molar-refractivity contribution in [2.24, 2.45) is 11.8 Å². The van der Waals surface area contributed by atoms with Crippen LogP contribution in [-0.4, -0.2) is 48.1 Å². The van der Waals surface area contributed by atoms with Crippen molar-refractivity contribution >= 4 is 11.9 Å². The van der Waals surface area contributed by atoms with Gasteiger partial charge < -0.3 is 15.3 Å². The third-order valence-corrected chi connectivity index (χ3v) is 2.97. The van der Waals surface area contributed by atoms with Gasteiger partial charge in [0.1, 0.15) is 6.54 Å². The predicted molar refractivity (Wildman–Crippen MR) is 60.0 cm³/mol. The Hall–Kier alpha value is -1.10. The fourth-order valence-electron chi connectivity index (χ4n) is 2.08. The van der Waals surface area contributed by atoms with E-state index >= 15 is 0 Å². The average Bonchev–Trinajstić information content (AvgIpc) is 2.62. The van der Waals surface area contributed by atoms with E-state index in [0.29, 0.717) is 19.0 Å². The molecule has 0 radical (unpaired) electrons. The summed E-state index contributed by atoms with van der Waals surface area (Å²) < 4.78 is 0. The third-order valence-electron chi connectivity index (χ3n) is 2.97. The maximum Gasteiger partial charge on any atom is 0.323 e. The molecule has 1 aliphatic rings. The molecule has 0 saturated carbocycles. The van der Waals surface area contributed by atoms with Crippen LogP contribution in [0.1, 0.15) is 20.3 Å². The summed E-state index contributed by atoms with van der Waals surface area (Å²) in [6, 6.07) is 0. The Morgan fingerprint density at radius 3 is 2.56 bits per heavy atom. The number of carboxylic acid groups (broad SMARTS) is 1. The lowest BCUT2D eigenvalue weighted by Gasteiger charge is -2.25. The van der Waals surface area contributed by atoms with Crippen molar-refractivity contribution in [3.63, 3.8) is 0 Å². The number of carbonyl (C=O) groups is 2. The lowest BCUT2D eigenvalue weighted by Crippen LogP contribution is -2.42. The van der Waals surface area contributed by atoms with Gasteiger partial charge in [-0.1, -0.05) is 13.8 Å².